The molecule has 0 rings (SSSR count). The molecule has 69 heavy (non-hydrogen) atoms. The molecule has 0 spiro atoms. The van der Waals surface area contributed by atoms with E-state index < -0.39 is 6.10 Å². The van der Waals surface area contributed by atoms with Crippen LogP contribution in [-0.2, 0) is 28.6 Å². The van der Waals surface area contributed by atoms with Crippen molar-refractivity contribution in [2.45, 2.75) is 309 Å². The molecule has 0 aromatic carbocycles. The summed E-state index contributed by atoms with van der Waals surface area (Å²) in [4.78, 5) is 38.2. The van der Waals surface area contributed by atoms with Gasteiger partial charge in [0.05, 0.1) is 0 Å². The normalized spacial score (nSPS) is 12.4. The van der Waals surface area contributed by atoms with E-state index in [4.69, 9.17) is 14.2 Å². The fourth-order valence-electron chi connectivity index (χ4n) is 8.44. The quantitative estimate of drug-likeness (QED) is 0.0262. The molecule has 0 unspecified atom stereocenters. The zero-order valence-corrected chi connectivity index (χ0v) is 45.8. The fraction of sp³-hybridized carbons (Fsp3) is 0.794. The molecular formula is C63H112O6. The van der Waals surface area contributed by atoms with E-state index in [1.165, 1.54) is 180 Å². The molecule has 0 amide bonds. The van der Waals surface area contributed by atoms with E-state index in [0.29, 0.717) is 19.3 Å². The molecule has 0 aliphatic carbocycles. The largest absolute Gasteiger partial charge is 0.462 e. The van der Waals surface area contributed by atoms with Crippen molar-refractivity contribution in [3.05, 3.63) is 60.8 Å². The van der Waals surface area contributed by atoms with E-state index in [1.807, 2.05) is 0 Å². The third-order valence-corrected chi connectivity index (χ3v) is 13.0. The van der Waals surface area contributed by atoms with Crippen molar-refractivity contribution in [2.75, 3.05) is 13.2 Å². The van der Waals surface area contributed by atoms with Crippen molar-refractivity contribution in [2.24, 2.45) is 0 Å². The second kappa shape index (κ2) is 57.7. The van der Waals surface area contributed by atoms with Crippen LogP contribution >= 0.6 is 0 Å². The Morgan fingerprint density at radius 1 is 0.290 bits per heavy atom. The number of hydrogen-bond acceptors (Lipinski definition) is 6. The molecule has 0 aliphatic rings. The van der Waals surface area contributed by atoms with Crippen molar-refractivity contribution >= 4 is 17.9 Å². The Balaban J connectivity index is 4.39. The van der Waals surface area contributed by atoms with Crippen LogP contribution in [0.2, 0.25) is 0 Å². The highest BCUT2D eigenvalue weighted by molar-refractivity contribution is 5.71. The average molecular weight is 966 g/mol. The summed E-state index contributed by atoms with van der Waals surface area (Å²) in [5.41, 5.74) is 0. The Hall–Kier alpha value is -2.89. The fourth-order valence-corrected chi connectivity index (χ4v) is 8.44. The first-order valence-corrected chi connectivity index (χ1v) is 29.8. The lowest BCUT2D eigenvalue weighted by atomic mass is 10.1. The van der Waals surface area contributed by atoms with Crippen LogP contribution in [0.5, 0.6) is 0 Å². The molecule has 6 heteroatoms. The van der Waals surface area contributed by atoms with Crippen molar-refractivity contribution < 1.29 is 28.6 Å². The minimum atomic E-state index is -0.784. The lowest BCUT2D eigenvalue weighted by Gasteiger charge is -2.18. The molecule has 0 heterocycles. The van der Waals surface area contributed by atoms with Gasteiger partial charge in [-0.3, -0.25) is 14.4 Å². The van der Waals surface area contributed by atoms with Gasteiger partial charge in [-0.05, 0) is 109 Å². The van der Waals surface area contributed by atoms with E-state index in [1.54, 1.807) is 0 Å². The lowest BCUT2D eigenvalue weighted by Crippen LogP contribution is -2.30. The van der Waals surface area contributed by atoms with E-state index in [0.717, 1.165) is 83.5 Å². The zero-order valence-electron chi connectivity index (χ0n) is 45.8. The maximum absolute atomic E-state index is 12.9. The van der Waals surface area contributed by atoms with Gasteiger partial charge in [-0.15, -0.1) is 0 Å². The van der Waals surface area contributed by atoms with Gasteiger partial charge in [0, 0.05) is 19.3 Å². The summed E-state index contributed by atoms with van der Waals surface area (Å²) in [7, 11) is 0. The maximum atomic E-state index is 12.9. The summed E-state index contributed by atoms with van der Waals surface area (Å²) >= 11 is 0. The Labute approximate surface area is 428 Å². The van der Waals surface area contributed by atoms with Gasteiger partial charge in [0.15, 0.2) is 6.10 Å². The first-order chi connectivity index (χ1) is 34.0. The number of allylic oxidation sites excluding steroid dienone is 10. The smallest absolute Gasteiger partial charge is 0.306 e. The maximum Gasteiger partial charge on any atom is 0.306 e. The molecule has 400 valence electrons. The van der Waals surface area contributed by atoms with Crippen molar-refractivity contribution in [3.63, 3.8) is 0 Å². The molecule has 0 aromatic heterocycles. The second-order valence-electron chi connectivity index (χ2n) is 19.9. The molecule has 0 N–H and O–H groups in total. The minimum Gasteiger partial charge on any atom is -0.462 e. The molecule has 6 nitrogen and oxygen atoms in total. The first kappa shape index (κ1) is 66.1. The van der Waals surface area contributed by atoms with Crippen LogP contribution in [0.3, 0.4) is 0 Å². The van der Waals surface area contributed by atoms with Crippen LogP contribution in [0.25, 0.3) is 0 Å². The van der Waals surface area contributed by atoms with E-state index in [-0.39, 0.29) is 31.1 Å². The molecule has 1 atom stereocenters. The summed E-state index contributed by atoms with van der Waals surface area (Å²) in [5, 5.41) is 0. The third kappa shape index (κ3) is 55.9. The van der Waals surface area contributed by atoms with Gasteiger partial charge < -0.3 is 14.2 Å². The van der Waals surface area contributed by atoms with E-state index in [9.17, 15) is 14.4 Å². The van der Waals surface area contributed by atoms with Gasteiger partial charge in [0.1, 0.15) is 13.2 Å². The minimum absolute atomic E-state index is 0.0812. The topological polar surface area (TPSA) is 78.9 Å². The molecule has 0 fully saturated rings. The van der Waals surface area contributed by atoms with Crippen LogP contribution < -0.4 is 0 Å². The summed E-state index contributed by atoms with van der Waals surface area (Å²) in [6.45, 7) is 6.60. The Morgan fingerprint density at radius 3 is 0.841 bits per heavy atom. The second-order valence-corrected chi connectivity index (χ2v) is 19.9. The molecule has 0 aliphatic heterocycles. The van der Waals surface area contributed by atoms with Gasteiger partial charge >= 0.3 is 17.9 Å². The highest BCUT2D eigenvalue weighted by atomic mass is 16.6. The number of carbonyl (C=O) groups excluding carboxylic acids is 3. The third-order valence-electron chi connectivity index (χ3n) is 13.0. The van der Waals surface area contributed by atoms with Crippen LogP contribution in [0.15, 0.2) is 60.8 Å². The summed E-state index contributed by atoms with van der Waals surface area (Å²) < 4.78 is 16.9. The Bertz CT molecular complexity index is 1250. The highest BCUT2D eigenvalue weighted by Crippen LogP contribution is 2.15. The molecular weight excluding hydrogens is 853 g/mol. The number of esters is 3. The summed E-state index contributed by atoms with van der Waals surface area (Å²) in [6.07, 6.45) is 72.0. The Kier molecular flexibility index (Phi) is 55.3. The van der Waals surface area contributed by atoms with Crippen LogP contribution in [-0.4, -0.2) is 37.2 Å². The number of rotatable bonds is 54. The zero-order chi connectivity index (χ0) is 50.0. The van der Waals surface area contributed by atoms with Crippen molar-refractivity contribution in [1.82, 2.24) is 0 Å². The van der Waals surface area contributed by atoms with Gasteiger partial charge in [-0.1, -0.05) is 236 Å². The molecule has 0 bridgehead atoms. The van der Waals surface area contributed by atoms with Crippen LogP contribution in [0, 0.1) is 0 Å². The SMILES string of the molecule is CCCCC/C=C\C/C=C\CCCCCCCCCCCC(=O)OC[C@@H](COC(=O)CCCCCCC/C=C\CCCCCCCC)OC(=O)CCCCCCCCC/C=C\C/C=C\CCCCC. The van der Waals surface area contributed by atoms with Crippen LogP contribution in [0.4, 0.5) is 0 Å². The standard InChI is InChI=1S/C63H112O6/c1-4-7-10-13-16-19-22-25-28-30-31-33-35-38-41-44-47-50-53-56-62(65)68-59-60(58-67-61(64)55-52-49-46-43-40-37-34-27-24-21-18-15-12-9-6-3)69-63(66)57-54-51-48-45-42-39-36-32-29-26-23-20-17-14-11-8-5-2/h16-17,19-20,25-29,34,60H,4-15,18,21-24,30-33,35-59H2,1-3H3/b19-16-,20-17-,28-25-,29-26-,34-27-/t60-/m1/s1. The van der Waals surface area contributed by atoms with E-state index >= 15 is 0 Å². The predicted molar refractivity (Wildman–Crippen MR) is 298 cm³/mol. The summed E-state index contributed by atoms with van der Waals surface area (Å²) in [5.74, 6) is -0.889. The molecule has 0 aromatic rings. The number of hydrogen-bond donors (Lipinski definition) is 0. The van der Waals surface area contributed by atoms with Gasteiger partial charge in [-0.25, -0.2) is 0 Å². The number of carbonyl (C=O) groups is 3. The number of unbranched alkanes of at least 4 members (excludes halogenated alkanes) is 33. The predicted octanol–water partition coefficient (Wildman–Crippen LogP) is 20.0. The Morgan fingerprint density at radius 2 is 0.522 bits per heavy atom. The first-order valence-electron chi connectivity index (χ1n) is 29.8. The van der Waals surface area contributed by atoms with Gasteiger partial charge in [0.2, 0.25) is 0 Å². The monoisotopic (exact) mass is 965 g/mol. The lowest BCUT2D eigenvalue weighted by molar-refractivity contribution is -0.167. The molecule has 0 saturated heterocycles. The highest BCUT2D eigenvalue weighted by Gasteiger charge is 2.19. The average Bonchev–Trinajstić information content (AvgIpc) is 3.35. The van der Waals surface area contributed by atoms with E-state index in [2.05, 4.69) is 81.5 Å². The number of ether oxygens (including phenoxy) is 3. The van der Waals surface area contributed by atoms with Crippen molar-refractivity contribution in [3.8, 4) is 0 Å². The molecule has 0 saturated carbocycles. The van der Waals surface area contributed by atoms with Crippen LogP contribution in [0.1, 0.15) is 303 Å². The molecule has 0 radical (unpaired) electrons. The van der Waals surface area contributed by atoms with Gasteiger partial charge in [-0.2, -0.15) is 0 Å². The van der Waals surface area contributed by atoms with Gasteiger partial charge in [0.25, 0.3) is 0 Å². The van der Waals surface area contributed by atoms with Crippen molar-refractivity contribution in [1.29, 1.82) is 0 Å². The summed E-state index contributed by atoms with van der Waals surface area (Å²) in [6, 6.07) is 0.